The van der Waals surface area contributed by atoms with E-state index in [4.69, 9.17) is 0 Å². The lowest BCUT2D eigenvalue weighted by Gasteiger charge is -2.29. The first-order chi connectivity index (χ1) is 9.09. The van der Waals surface area contributed by atoms with E-state index >= 15 is 0 Å². The number of hydrogen-bond donors (Lipinski definition) is 2. The number of hydrogen-bond acceptors (Lipinski definition) is 4. The number of H-pyrrole nitrogens is 1. The highest BCUT2D eigenvalue weighted by molar-refractivity contribution is 5.93. The molecule has 1 aromatic heterocycles. The first-order valence-corrected chi connectivity index (χ1v) is 6.52. The maximum absolute atomic E-state index is 12.3. The van der Waals surface area contributed by atoms with Crippen LogP contribution in [0.2, 0.25) is 0 Å². The van der Waals surface area contributed by atoms with E-state index in [9.17, 15) is 14.7 Å². The summed E-state index contributed by atoms with van der Waals surface area (Å²) >= 11 is 0. The molecule has 0 aromatic carbocycles. The molecule has 1 amide bonds. The molecule has 104 valence electrons. The van der Waals surface area contributed by atoms with Gasteiger partial charge in [-0.05, 0) is 19.8 Å². The number of likely N-dealkylation sites (tertiary alicyclic amines) is 1. The number of aliphatic carboxylic acids is 1. The summed E-state index contributed by atoms with van der Waals surface area (Å²) in [5, 5.41) is 15.7. The lowest BCUT2D eigenvalue weighted by Crippen LogP contribution is -2.46. The molecule has 7 heteroatoms. The molecule has 0 saturated carbocycles. The van der Waals surface area contributed by atoms with E-state index in [1.54, 1.807) is 6.92 Å². The fourth-order valence-electron chi connectivity index (χ4n) is 2.35. The molecule has 0 bridgehead atoms. The number of carboxylic acids is 1. The standard InChI is InChI=1S/C12H18N4O3/c1-8-13-10(15-14-8)11(17)16-7-5-3-2-4-6-9(16)12(18)19/h9H,2-7H2,1H3,(H,18,19)(H,13,14,15). The average Bonchev–Trinajstić information content (AvgIpc) is 2.74. The molecule has 0 spiro atoms. The van der Waals surface area contributed by atoms with Crippen LogP contribution in [0.4, 0.5) is 0 Å². The van der Waals surface area contributed by atoms with Gasteiger partial charge < -0.3 is 10.0 Å². The molecule has 0 aliphatic carbocycles. The van der Waals surface area contributed by atoms with Gasteiger partial charge in [0.1, 0.15) is 11.9 Å². The third-order valence-corrected chi connectivity index (χ3v) is 3.34. The minimum atomic E-state index is -0.956. The van der Waals surface area contributed by atoms with Crippen LogP contribution in [-0.4, -0.2) is 49.7 Å². The van der Waals surface area contributed by atoms with Gasteiger partial charge in [0.2, 0.25) is 5.82 Å². The number of nitrogens with zero attached hydrogens (tertiary/aromatic N) is 3. The van der Waals surface area contributed by atoms with E-state index in [2.05, 4.69) is 15.2 Å². The smallest absolute Gasteiger partial charge is 0.326 e. The van der Waals surface area contributed by atoms with E-state index in [0.29, 0.717) is 18.8 Å². The lowest BCUT2D eigenvalue weighted by atomic mass is 10.0. The van der Waals surface area contributed by atoms with Crippen LogP contribution in [0, 0.1) is 6.92 Å². The normalized spacial score (nSPS) is 20.7. The molecular weight excluding hydrogens is 248 g/mol. The average molecular weight is 266 g/mol. The Kier molecular flexibility index (Phi) is 4.13. The maximum Gasteiger partial charge on any atom is 0.326 e. The second-order valence-corrected chi connectivity index (χ2v) is 4.80. The lowest BCUT2D eigenvalue weighted by molar-refractivity contribution is -0.142. The summed E-state index contributed by atoms with van der Waals surface area (Å²) < 4.78 is 0. The molecule has 1 unspecified atom stereocenters. The number of amides is 1. The Balaban J connectivity index is 2.20. The molecule has 1 saturated heterocycles. The molecule has 1 atom stereocenters. The van der Waals surface area contributed by atoms with Crippen LogP contribution in [0.1, 0.15) is 48.5 Å². The van der Waals surface area contributed by atoms with Crippen molar-refractivity contribution in [2.75, 3.05) is 6.54 Å². The second kappa shape index (κ2) is 5.81. The quantitative estimate of drug-likeness (QED) is 0.831. The summed E-state index contributed by atoms with van der Waals surface area (Å²) in [6, 6.07) is -0.772. The van der Waals surface area contributed by atoms with Gasteiger partial charge in [0, 0.05) is 6.54 Å². The zero-order valence-electron chi connectivity index (χ0n) is 10.9. The van der Waals surface area contributed by atoms with Crippen molar-refractivity contribution in [1.29, 1.82) is 0 Å². The molecular formula is C12H18N4O3. The molecule has 0 radical (unpaired) electrons. The van der Waals surface area contributed by atoms with Gasteiger partial charge in [0.05, 0.1) is 0 Å². The Bertz CT molecular complexity index is 471. The molecule has 2 heterocycles. The van der Waals surface area contributed by atoms with Crippen molar-refractivity contribution < 1.29 is 14.7 Å². The minimum absolute atomic E-state index is 0.0457. The first-order valence-electron chi connectivity index (χ1n) is 6.52. The predicted octanol–water partition coefficient (Wildman–Crippen LogP) is 0.973. The summed E-state index contributed by atoms with van der Waals surface area (Å²) in [7, 11) is 0. The van der Waals surface area contributed by atoms with Crippen molar-refractivity contribution in [1.82, 2.24) is 20.1 Å². The summed E-state index contributed by atoms with van der Waals surface area (Å²) in [6.07, 6.45) is 4.17. The Morgan fingerprint density at radius 2 is 2.05 bits per heavy atom. The summed E-state index contributed by atoms with van der Waals surface area (Å²) in [4.78, 5) is 29.0. The number of nitrogens with one attached hydrogen (secondary N) is 1. The van der Waals surface area contributed by atoms with Crippen LogP contribution >= 0.6 is 0 Å². The molecule has 2 rings (SSSR count). The number of aromatic amines is 1. The van der Waals surface area contributed by atoms with Crippen molar-refractivity contribution in [2.24, 2.45) is 0 Å². The third kappa shape index (κ3) is 3.10. The zero-order valence-corrected chi connectivity index (χ0v) is 10.9. The summed E-state index contributed by atoms with van der Waals surface area (Å²) in [5.41, 5.74) is 0. The highest BCUT2D eigenvalue weighted by atomic mass is 16.4. The molecule has 19 heavy (non-hydrogen) atoms. The van der Waals surface area contributed by atoms with E-state index < -0.39 is 17.9 Å². The van der Waals surface area contributed by atoms with Crippen molar-refractivity contribution in [3.05, 3.63) is 11.6 Å². The molecule has 1 aromatic rings. The summed E-state index contributed by atoms with van der Waals surface area (Å²) in [5.74, 6) is -0.771. The topological polar surface area (TPSA) is 99.2 Å². The van der Waals surface area contributed by atoms with Crippen LogP contribution < -0.4 is 0 Å². The fraction of sp³-hybridized carbons (Fsp3) is 0.667. The van der Waals surface area contributed by atoms with Crippen LogP contribution in [0.15, 0.2) is 0 Å². The van der Waals surface area contributed by atoms with Crippen LogP contribution in [0.5, 0.6) is 0 Å². The van der Waals surface area contributed by atoms with Gasteiger partial charge >= 0.3 is 5.97 Å². The molecule has 1 aliphatic heterocycles. The predicted molar refractivity (Wildman–Crippen MR) is 66.7 cm³/mol. The van der Waals surface area contributed by atoms with Crippen molar-refractivity contribution in [2.45, 2.75) is 45.1 Å². The van der Waals surface area contributed by atoms with E-state index in [1.807, 2.05) is 0 Å². The van der Waals surface area contributed by atoms with Crippen molar-refractivity contribution in [3.8, 4) is 0 Å². The van der Waals surface area contributed by atoms with E-state index in [1.165, 1.54) is 4.90 Å². The second-order valence-electron chi connectivity index (χ2n) is 4.80. The molecule has 1 aliphatic rings. The van der Waals surface area contributed by atoms with E-state index in [-0.39, 0.29) is 5.82 Å². The highest BCUT2D eigenvalue weighted by Gasteiger charge is 2.32. The van der Waals surface area contributed by atoms with Gasteiger partial charge in [-0.2, -0.15) is 0 Å². The zero-order chi connectivity index (χ0) is 13.8. The Morgan fingerprint density at radius 1 is 1.32 bits per heavy atom. The van der Waals surface area contributed by atoms with Crippen LogP contribution in [-0.2, 0) is 4.79 Å². The number of aromatic nitrogens is 3. The molecule has 7 nitrogen and oxygen atoms in total. The Labute approximate surface area is 111 Å². The van der Waals surface area contributed by atoms with Crippen LogP contribution in [0.25, 0.3) is 0 Å². The van der Waals surface area contributed by atoms with Gasteiger partial charge in [0.25, 0.3) is 5.91 Å². The maximum atomic E-state index is 12.3. The van der Waals surface area contributed by atoms with Crippen molar-refractivity contribution >= 4 is 11.9 Å². The third-order valence-electron chi connectivity index (χ3n) is 3.34. The Morgan fingerprint density at radius 3 is 2.68 bits per heavy atom. The van der Waals surface area contributed by atoms with E-state index in [0.717, 1.165) is 25.7 Å². The molecule has 2 N–H and O–H groups in total. The van der Waals surface area contributed by atoms with Gasteiger partial charge in [-0.25, -0.2) is 9.78 Å². The number of carbonyl (C=O) groups is 2. The largest absolute Gasteiger partial charge is 0.480 e. The van der Waals surface area contributed by atoms with Crippen molar-refractivity contribution in [3.63, 3.8) is 0 Å². The number of aryl methyl sites for hydroxylation is 1. The van der Waals surface area contributed by atoms with Gasteiger partial charge in [-0.3, -0.25) is 9.89 Å². The van der Waals surface area contributed by atoms with Gasteiger partial charge in [-0.1, -0.05) is 19.3 Å². The van der Waals surface area contributed by atoms with Crippen LogP contribution in [0.3, 0.4) is 0 Å². The highest BCUT2D eigenvalue weighted by Crippen LogP contribution is 2.18. The van der Waals surface area contributed by atoms with Gasteiger partial charge in [0.15, 0.2) is 0 Å². The summed E-state index contributed by atoms with van der Waals surface area (Å²) in [6.45, 7) is 2.15. The Hall–Kier alpha value is -1.92. The number of carboxylic acid groups (broad SMARTS) is 1. The first kappa shape index (κ1) is 13.5. The van der Waals surface area contributed by atoms with Gasteiger partial charge in [-0.15, -0.1) is 5.10 Å². The number of carbonyl (C=O) groups excluding carboxylic acids is 1. The SMILES string of the molecule is Cc1nc(C(=O)N2CCCCCCC2C(=O)O)n[nH]1. The fourth-order valence-corrected chi connectivity index (χ4v) is 2.35. The monoisotopic (exact) mass is 266 g/mol. The minimum Gasteiger partial charge on any atom is -0.480 e. The number of rotatable bonds is 2. The molecule has 1 fully saturated rings.